The van der Waals surface area contributed by atoms with Crippen LogP contribution >= 0.6 is 15.9 Å². The molecule has 0 atom stereocenters. The molecule has 10 nitrogen and oxygen atoms in total. The number of pyridine rings is 1. The number of fused-ring (bicyclic) bond motifs is 1. The Morgan fingerprint density at radius 1 is 1.02 bits per heavy atom. The maximum absolute atomic E-state index is 13.4. The van der Waals surface area contributed by atoms with Gasteiger partial charge in [0.25, 0.3) is 0 Å². The largest absolute Gasteiger partial charge is 0.499 e. The number of aromatic nitrogens is 5. The average molecular weight is 660 g/mol. The number of benzene rings is 2. The van der Waals surface area contributed by atoms with Crippen molar-refractivity contribution in [3.63, 3.8) is 0 Å². The van der Waals surface area contributed by atoms with Gasteiger partial charge >= 0.3 is 18.0 Å². The summed E-state index contributed by atoms with van der Waals surface area (Å²) in [5.41, 5.74) is -0.816. The Morgan fingerprint density at radius 3 is 2.46 bits per heavy atom. The van der Waals surface area contributed by atoms with Crippen molar-refractivity contribution in [2.75, 3.05) is 5.75 Å². The first-order valence-electron chi connectivity index (χ1n) is 11.4. The summed E-state index contributed by atoms with van der Waals surface area (Å²) in [5, 5.41) is 4.06. The van der Waals surface area contributed by atoms with E-state index in [0.29, 0.717) is 10.2 Å². The first-order valence-corrected chi connectivity index (χ1v) is 13.9. The van der Waals surface area contributed by atoms with E-state index in [9.17, 15) is 35.2 Å². The average Bonchev–Trinajstić information content (AvgIpc) is 3.50. The number of ether oxygens (including phenoxy) is 1. The Hall–Kier alpha value is -4.12. The summed E-state index contributed by atoms with van der Waals surface area (Å²) < 4.78 is 102. The molecule has 0 saturated heterocycles. The van der Waals surface area contributed by atoms with Gasteiger partial charge in [-0.3, -0.25) is 0 Å². The molecule has 17 heteroatoms. The van der Waals surface area contributed by atoms with Crippen LogP contribution in [0.1, 0.15) is 6.92 Å². The van der Waals surface area contributed by atoms with E-state index in [0.717, 1.165) is 22.9 Å². The summed E-state index contributed by atoms with van der Waals surface area (Å²) in [4.78, 5) is 21.1. The topological polar surface area (TPSA) is 122 Å². The number of halogens is 6. The van der Waals surface area contributed by atoms with E-state index in [2.05, 4.69) is 35.7 Å². The Bertz CT molecular complexity index is 1950. The normalized spacial score (nSPS) is 12.7. The monoisotopic (exact) mass is 659 g/mol. The van der Waals surface area contributed by atoms with Crippen LogP contribution in [0.4, 0.5) is 22.0 Å². The molecule has 0 aliphatic carbocycles. The van der Waals surface area contributed by atoms with Crippen LogP contribution in [0, 0.1) is 0 Å². The minimum atomic E-state index is -5.97. The van der Waals surface area contributed by atoms with E-state index < -0.39 is 39.5 Å². The molecule has 0 saturated carbocycles. The summed E-state index contributed by atoms with van der Waals surface area (Å²) in [6.07, 6.45) is -10.2. The van der Waals surface area contributed by atoms with Crippen LogP contribution in [0.2, 0.25) is 0 Å². The lowest BCUT2D eigenvalue weighted by Crippen LogP contribution is -2.41. The molecule has 0 aliphatic rings. The Kier molecular flexibility index (Phi) is 6.97. The van der Waals surface area contributed by atoms with E-state index in [4.69, 9.17) is 4.42 Å². The fourth-order valence-corrected chi connectivity index (χ4v) is 5.06. The van der Waals surface area contributed by atoms with Gasteiger partial charge in [0, 0.05) is 10.5 Å². The number of alkyl halides is 5. The summed E-state index contributed by atoms with van der Waals surface area (Å²) in [7, 11) is -3.94. The van der Waals surface area contributed by atoms with E-state index in [1.54, 1.807) is 24.3 Å². The molecular weight excluding hydrogens is 645 g/mol. The molecule has 214 valence electrons. The van der Waals surface area contributed by atoms with Crippen LogP contribution in [-0.4, -0.2) is 50.8 Å². The highest BCUT2D eigenvalue weighted by Gasteiger charge is 2.61. The molecule has 5 rings (SSSR count). The minimum Gasteiger partial charge on any atom is -0.435 e. The van der Waals surface area contributed by atoms with Gasteiger partial charge in [-0.25, -0.2) is 27.7 Å². The molecule has 5 aromatic rings. The quantitative estimate of drug-likeness (QED) is 0.215. The molecule has 0 N–H and O–H groups in total. The van der Waals surface area contributed by atoms with E-state index >= 15 is 0 Å². The second kappa shape index (κ2) is 10.1. The van der Waals surface area contributed by atoms with Crippen molar-refractivity contribution in [3.8, 4) is 28.8 Å². The predicted octanol–water partition coefficient (Wildman–Crippen LogP) is 5.32. The second-order valence-corrected chi connectivity index (χ2v) is 11.5. The fourth-order valence-electron chi connectivity index (χ4n) is 3.66. The molecule has 0 unspecified atom stereocenters. The molecule has 0 bridgehead atoms. The van der Waals surface area contributed by atoms with Gasteiger partial charge in [0.2, 0.25) is 5.89 Å². The fraction of sp³-hybridized carbons (Fsp3) is 0.167. The second-order valence-electron chi connectivity index (χ2n) is 8.36. The van der Waals surface area contributed by atoms with Gasteiger partial charge in [-0.2, -0.15) is 31.7 Å². The highest BCUT2D eigenvalue weighted by atomic mass is 79.9. The smallest absolute Gasteiger partial charge is 0.435 e. The van der Waals surface area contributed by atoms with Gasteiger partial charge in [-0.15, -0.1) is 0 Å². The van der Waals surface area contributed by atoms with Crippen LogP contribution in [0.3, 0.4) is 0 Å². The standard InChI is InChI=1S/C24H15BrF5N5O5S/c1-2-41(37,38)18-8-9-19(35-22(36)34(12-31-35)14-5-3-4-13(25)10-14)33-20(18)21-32-16-11-15(6-7-17(16)39-21)40-24(29,30)23(26,27)28/h3-12H,2H2,1H3. The predicted molar refractivity (Wildman–Crippen MR) is 137 cm³/mol. The summed E-state index contributed by atoms with van der Waals surface area (Å²) in [6, 6.07) is 11.8. The Morgan fingerprint density at radius 2 is 1.78 bits per heavy atom. The zero-order valence-electron chi connectivity index (χ0n) is 20.4. The van der Waals surface area contributed by atoms with Crippen LogP contribution in [0.15, 0.2) is 79.5 Å². The summed E-state index contributed by atoms with van der Waals surface area (Å²) in [6.45, 7) is 1.38. The molecule has 0 fully saturated rings. The molecule has 0 radical (unpaired) electrons. The minimum absolute atomic E-state index is 0.0918. The molecule has 41 heavy (non-hydrogen) atoms. The van der Waals surface area contributed by atoms with Crippen molar-refractivity contribution >= 4 is 36.9 Å². The first kappa shape index (κ1) is 28.4. The molecular formula is C24H15BrF5N5O5S. The van der Waals surface area contributed by atoms with Crippen molar-refractivity contribution in [1.82, 2.24) is 24.3 Å². The molecule has 3 heterocycles. The van der Waals surface area contributed by atoms with Gasteiger partial charge in [0.15, 0.2) is 21.2 Å². The Labute approximate surface area is 235 Å². The number of oxazole rings is 1. The molecule has 2 aromatic carbocycles. The molecule has 3 aromatic heterocycles. The van der Waals surface area contributed by atoms with Gasteiger partial charge in [0.05, 0.1) is 16.3 Å². The van der Waals surface area contributed by atoms with Crippen LogP contribution in [0.25, 0.3) is 34.2 Å². The third kappa shape index (κ3) is 5.33. The SMILES string of the molecule is CCS(=O)(=O)c1ccc(-n2ncn(-c3cccc(Br)c3)c2=O)nc1-c1nc2cc(OC(F)(F)C(F)(F)F)ccc2o1. The maximum Gasteiger partial charge on any atom is 0.499 e. The zero-order valence-corrected chi connectivity index (χ0v) is 22.8. The number of rotatable bonds is 7. The lowest BCUT2D eigenvalue weighted by atomic mass is 10.3. The van der Waals surface area contributed by atoms with E-state index in [1.807, 2.05) is 0 Å². The van der Waals surface area contributed by atoms with Crippen LogP contribution in [-0.2, 0) is 9.84 Å². The third-order valence-electron chi connectivity index (χ3n) is 5.67. The van der Waals surface area contributed by atoms with Crippen LogP contribution in [0.5, 0.6) is 5.75 Å². The number of hydrogen-bond donors (Lipinski definition) is 0. The summed E-state index contributed by atoms with van der Waals surface area (Å²) in [5.74, 6) is -1.73. The van der Waals surface area contributed by atoms with Crippen LogP contribution < -0.4 is 10.4 Å². The van der Waals surface area contributed by atoms with Gasteiger partial charge in [-0.1, -0.05) is 28.9 Å². The van der Waals surface area contributed by atoms with Gasteiger partial charge in [0.1, 0.15) is 23.3 Å². The molecule has 0 aliphatic heterocycles. The lowest BCUT2D eigenvalue weighted by Gasteiger charge is -2.19. The summed E-state index contributed by atoms with van der Waals surface area (Å²) >= 11 is 3.32. The zero-order chi connectivity index (χ0) is 29.7. The van der Waals surface area contributed by atoms with E-state index in [-0.39, 0.29) is 33.3 Å². The molecule has 0 spiro atoms. The van der Waals surface area contributed by atoms with E-state index in [1.165, 1.54) is 30.0 Å². The Balaban J connectivity index is 1.61. The van der Waals surface area contributed by atoms with Crippen molar-refractivity contribution in [2.24, 2.45) is 0 Å². The molecule has 0 amide bonds. The van der Waals surface area contributed by atoms with Crippen molar-refractivity contribution < 1.29 is 39.5 Å². The van der Waals surface area contributed by atoms with Crippen molar-refractivity contribution in [2.45, 2.75) is 24.1 Å². The highest BCUT2D eigenvalue weighted by Crippen LogP contribution is 2.38. The van der Waals surface area contributed by atoms with Gasteiger partial charge < -0.3 is 9.15 Å². The van der Waals surface area contributed by atoms with Crippen molar-refractivity contribution in [1.29, 1.82) is 0 Å². The maximum atomic E-state index is 13.4. The number of sulfone groups is 1. The lowest BCUT2D eigenvalue weighted by molar-refractivity contribution is -0.360. The first-order chi connectivity index (χ1) is 19.2. The van der Waals surface area contributed by atoms with Crippen molar-refractivity contribution in [3.05, 3.63) is 75.9 Å². The van der Waals surface area contributed by atoms with Gasteiger partial charge in [-0.05, 0) is 42.5 Å². The number of hydrogen-bond acceptors (Lipinski definition) is 8. The third-order valence-corrected chi connectivity index (χ3v) is 7.92. The number of nitrogens with zero attached hydrogens (tertiary/aromatic N) is 5. The highest BCUT2D eigenvalue weighted by molar-refractivity contribution is 9.10.